The van der Waals surface area contributed by atoms with Crippen LogP contribution in [0, 0.1) is 0 Å². The van der Waals surface area contributed by atoms with E-state index in [1.807, 2.05) is 18.2 Å². The van der Waals surface area contributed by atoms with Crippen LogP contribution in [0.25, 0.3) is 11.2 Å². The smallest absolute Gasteiger partial charge is 0.256 e. The van der Waals surface area contributed by atoms with Crippen LogP contribution in [0.1, 0.15) is 78.7 Å². The average molecular weight is 710 g/mol. The molecule has 0 unspecified atom stereocenters. The van der Waals surface area contributed by atoms with E-state index in [9.17, 15) is 4.79 Å². The van der Waals surface area contributed by atoms with Crippen LogP contribution in [0.5, 0.6) is 0 Å². The number of hydrogen-bond acceptors (Lipinski definition) is 7. The van der Waals surface area contributed by atoms with Gasteiger partial charge in [-0.25, -0.2) is 15.0 Å². The summed E-state index contributed by atoms with van der Waals surface area (Å²) in [7, 11) is -6.64. The van der Waals surface area contributed by atoms with Crippen molar-refractivity contribution < 1.29 is 18.1 Å². The molecule has 2 aromatic heterocycles. The number of amides is 1. The summed E-state index contributed by atoms with van der Waals surface area (Å²) in [5.41, 5.74) is 2.79. The molecule has 1 N–H and O–H groups in total. The highest BCUT2D eigenvalue weighted by molar-refractivity contribution is 6.75. The van der Waals surface area contributed by atoms with E-state index in [1.54, 1.807) is 18.5 Å². The molecule has 0 saturated carbocycles. The summed E-state index contributed by atoms with van der Waals surface area (Å²) in [5, 5.41) is 2.99. The van der Waals surface area contributed by atoms with Crippen molar-refractivity contribution in [3.05, 3.63) is 60.2 Å². The highest BCUT2D eigenvalue weighted by Crippen LogP contribution is 2.47. The number of nitrogens with one attached hydrogen (secondary N) is 1. The molecule has 264 valence electrons. The van der Waals surface area contributed by atoms with E-state index in [2.05, 4.69) is 123 Å². The Morgan fingerprint density at radius 2 is 1.35 bits per heavy atom. The van der Waals surface area contributed by atoms with Gasteiger partial charge in [0.05, 0.1) is 31.2 Å². The van der Waals surface area contributed by atoms with Gasteiger partial charge in [0.15, 0.2) is 41.9 Å². The Kier molecular flexibility index (Phi) is 10.6. The SMILES string of the molecule is CC(C)(C)[Si](C)(C)OCC1=C[C@@H](n2cnc3c(NC(=O)c4ccccc4)ncnc32)[C@H](O[Si](C)(C)C(C)(C)C)[C@@H]1O[Si](C)(C)C(C)(C)C. The first-order valence-corrected chi connectivity index (χ1v) is 25.8. The summed E-state index contributed by atoms with van der Waals surface area (Å²) in [4.78, 5) is 27.0. The van der Waals surface area contributed by atoms with Crippen molar-refractivity contribution in [2.24, 2.45) is 0 Å². The predicted octanol–water partition coefficient (Wildman–Crippen LogP) is 9.36. The monoisotopic (exact) mass is 709 g/mol. The van der Waals surface area contributed by atoms with Crippen molar-refractivity contribution in [1.29, 1.82) is 0 Å². The number of fused-ring (bicyclic) bond motifs is 1. The zero-order chi connectivity index (χ0) is 36.1. The number of nitrogens with zero attached hydrogens (tertiary/aromatic N) is 4. The van der Waals surface area contributed by atoms with Crippen molar-refractivity contribution in [2.45, 2.75) is 135 Å². The van der Waals surface area contributed by atoms with Crippen molar-refractivity contribution >= 4 is 47.8 Å². The van der Waals surface area contributed by atoms with Crippen molar-refractivity contribution in [1.82, 2.24) is 19.5 Å². The lowest BCUT2D eigenvalue weighted by Gasteiger charge is -2.45. The fourth-order valence-electron chi connectivity index (χ4n) is 4.86. The van der Waals surface area contributed by atoms with E-state index in [0.717, 1.165) is 5.57 Å². The van der Waals surface area contributed by atoms with Gasteiger partial charge >= 0.3 is 0 Å². The zero-order valence-corrected chi connectivity index (χ0v) is 35.0. The maximum Gasteiger partial charge on any atom is 0.256 e. The quantitative estimate of drug-likeness (QED) is 0.165. The lowest BCUT2D eigenvalue weighted by molar-refractivity contribution is 0.0435. The third-order valence-electron chi connectivity index (χ3n) is 11.2. The molecule has 1 aliphatic rings. The standard InChI is InChI=1S/C36H59N5O4Si3/c1-34(2,3)46(10,11)43-22-26-21-27(30(45-48(14,15)36(7,8)9)29(26)44-47(12,13)35(4,5)6)41-24-39-28-31(37-23-38-32(28)41)40-33(42)25-19-17-16-18-20-25/h16-21,23-24,27,29-30H,22H2,1-15H3,(H,37,38,40,42)/t27-,29-,30+/m1/s1. The van der Waals surface area contributed by atoms with E-state index < -0.39 is 25.0 Å². The van der Waals surface area contributed by atoms with Gasteiger partial charge in [-0.2, -0.15) is 0 Å². The van der Waals surface area contributed by atoms with Crippen LogP contribution < -0.4 is 5.32 Å². The topological polar surface area (TPSA) is 100 Å². The number of rotatable bonds is 10. The molecule has 2 heterocycles. The molecule has 0 spiro atoms. The van der Waals surface area contributed by atoms with E-state index in [1.165, 1.54) is 6.33 Å². The minimum absolute atomic E-state index is 0.00119. The van der Waals surface area contributed by atoms with Crippen LogP contribution in [0.2, 0.25) is 54.4 Å². The number of hydrogen-bond donors (Lipinski definition) is 1. The molecule has 0 aliphatic heterocycles. The lowest BCUT2D eigenvalue weighted by Crippen LogP contribution is -2.53. The first kappa shape index (κ1) is 38.3. The van der Waals surface area contributed by atoms with Crippen LogP contribution in [0.3, 0.4) is 0 Å². The molecule has 3 aromatic rings. The fourth-order valence-corrected chi connectivity index (χ4v) is 8.40. The van der Waals surface area contributed by atoms with Crippen LogP contribution in [-0.4, -0.2) is 69.2 Å². The molecule has 0 fully saturated rings. The van der Waals surface area contributed by atoms with Crippen LogP contribution in [-0.2, 0) is 13.3 Å². The van der Waals surface area contributed by atoms with Crippen LogP contribution in [0.15, 0.2) is 54.6 Å². The Balaban J connectivity index is 1.84. The first-order valence-electron chi connectivity index (χ1n) is 17.1. The third kappa shape index (κ3) is 7.94. The molecular formula is C36H59N5O4Si3. The predicted molar refractivity (Wildman–Crippen MR) is 204 cm³/mol. The molecule has 12 heteroatoms. The molecule has 0 saturated heterocycles. The highest BCUT2D eigenvalue weighted by Gasteiger charge is 2.51. The number of carbonyl (C=O) groups is 1. The summed E-state index contributed by atoms with van der Waals surface area (Å²) in [6.07, 6.45) is 4.92. The molecule has 9 nitrogen and oxygen atoms in total. The molecule has 0 radical (unpaired) electrons. The summed E-state index contributed by atoms with van der Waals surface area (Å²) >= 11 is 0. The second-order valence-electron chi connectivity index (χ2n) is 17.8. The lowest BCUT2D eigenvalue weighted by atomic mass is 10.1. The maximum atomic E-state index is 13.1. The molecular weight excluding hydrogens is 651 g/mol. The molecule has 48 heavy (non-hydrogen) atoms. The molecule has 1 aromatic carbocycles. The van der Waals surface area contributed by atoms with Gasteiger partial charge < -0.3 is 23.2 Å². The number of aromatic nitrogens is 4. The Hall–Kier alpha value is -2.49. The van der Waals surface area contributed by atoms with Gasteiger partial charge in [-0.1, -0.05) is 86.6 Å². The van der Waals surface area contributed by atoms with Crippen molar-refractivity contribution in [3.63, 3.8) is 0 Å². The third-order valence-corrected chi connectivity index (χ3v) is 24.6. The Labute approximate surface area is 291 Å². The molecule has 4 rings (SSSR count). The van der Waals surface area contributed by atoms with Gasteiger partial charge in [0.1, 0.15) is 6.33 Å². The second kappa shape index (κ2) is 13.3. The summed E-state index contributed by atoms with van der Waals surface area (Å²) < 4.78 is 23.7. The van der Waals surface area contributed by atoms with Gasteiger partial charge in [0, 0.05) is 5.56 Å². The number of anilines is 1. The van der Waals surface area contributed by atoms with Gasteiger partial charge in [-0.05, 0) is 72.1 Å². The van der Waals surface area contributed by atoms with Crippen molar-refractivity contribution in [2.75, 3.05) is 11.9 Å². The normalized spacial score (nSPS) is 19.9. The highest BCUT2D eigenvalue weighted by atomic mass is 28.4. The molecule has 3 atom stereocenters. The maximum absolute atomic E-state index is 13.1. The minimum Gasteiger partial charge on any atom is -0.413 e. The minimum atomic E-state index is -2.30. The van der Waals surface area contributed by atoms with Crippen LogP contribution in [0.4, 0.5) is 5.82 Å². The van der Waals surface area contributed by atoms with Gasteiger partial charge in [0.25, 0.3) is 5.91 Å². The Bertz CT molecular complexity index is 1630. The Morgan fingerprint density at radius 3 is 1.92 bits per heavy atom. The summed E-state index contributed by atoms with van der Waals surface area (Å²) in [5.74, 6) is 0.116. The van der Waals surface area contributed by atoms with Crippen molar-refractivity contribution in [3.8, 4) is 0 Å². The van der Waals surface area contributed by atoms with Gasteiger partial charge in [-0.15, -0.1) is 0 Å². The first-order chi connectivity index (χ1) is 21.9. The zero-order valence-electron chi connectivity index (χ0n) is 32.0. The molecule has 1 aliphatic carbocycles. The fraction of sp³-hybridized carbons (Fsp3) is 0.611. The average Bonchev–Trinajstić information content (AvgIpc) is 3.52. The van der Waals surface area contributed by atoms with E-state index in [-0.39, 0.29) is 39.3 Å². The Morgan fingerprint density at radius 1 is 0.792 bits per heavy atom. The van der Waals surface area contributed by atoms with Gasteiger partial charge in [-0.3, -0.25) is 4.79 Å². The van der Waals surface area contributed by atoms with Crippen LogP contribution >= 0.6 is 0 Å². The number of carbonyl (C=O) groups excluding carboxylic acids is 1. The number of imidazole rings is 1. The summed E-state index contributed by atoms with van der Waals surface area (Å²) in [6.45, 7) is 34.7. The second-order valence-corrected chi connectivity index (χ2v) is 32.1. The van der Waals surface area contributed by atoms with E-state index in [0.29, 0.717) is 29.2 Å². The van der Waals surface area contributed by atoms with Gasteiger partial charge in [0.2, 0.25) is 0 Å². The van der Waals surface area contributed by atoms with E-state index >= 15 is 0 Å². The number of benzene rings is 1. The van der Waals surface area contributed by atoms with E-state index in [4.69, 9.17) is 23.2 Å². The molecule has 1 amide bonds. The molecule has 0 bridgehead atoms. The largest absolute Gasteiger partial charge is 0.413 e. The summed E-state index contributed by atoms with van der Waals surface area (Å²) in [6, 6.07) is 8.84.